The summed E-state index contributed by atoms with van der Waals surface area (Å²) in [4.78, 5) is 0. The molecule has 0 fully saturated rings. The number of alkyl halides is 3. The number of halogens is 3. The number of rotatable bonds is 9. The summed E-state index contributed by atoms with van der Waals surface area (Å²) in [5.74, 6) is 0. The van der Waals surface area contributed by atoms with Crippen LogP contribution in [0.3, 0.4) is 0 Å². The third-order valence-corrected chi connectivity index (χ3v) is 4.76. The minimum atomic E-state index is -4.43. The zero-order valence-electron chi connectivity index (χ0n) is 14.9. The van der Waals surface area contributed by atoms with E-state index >= 15 is 0 Å². The first-order valence-corrected chi connectivity index (χ1v) is 9.28. The summed E-state index contributed by atoms with van der Waals surface area (Å²) in [5, 5.41) is 1.51. The Morgan fingerprint density at radius 3 is 2.12 bits per heavy atom. The number of fused-ring (bicyclic) bond motifs is 1. The van der Waals surface area contributed by atoms with Crippen LogP contribution in [0.15, 0.2) is 36.4 Å². The highest BCUT2D eigenvalue weighted by molar-refractivity contribution is 5.89. The summed E-state index contributed by atoms with van der Waals surface area (Å²) >= 11 is 0. The fourth-order valence-corrected chi connectivity index (χ4v) is 3.37. The van der Waals surface area contributed by atoms with Gasteiger partial charge in [-0.05, 0) is 34.7 Å². The number of benzene rings is 2. The Hall–Kier alpha value is -1.55. The first kappa shape index (κ1) is 19.8. The van der Waals surface area contributed by atoms with E-state index in [0.29, 0.717) is 5.39 Å². The van der Waals surface area contributed by atoms with Crippen molar-refractivity contribution >= 4 is 10.8 Å². The average Bonchev–Trinajstić information content (AvgIpc) is 2.59. The molecule has 0 amide bonds. The van der Waals surface area contributed by atoms with E-state index in [9.17, 15) is 13.2 Å². The maximum absolute atomic E-state index is 13.1. The smallest absolute Gasteiger partial charge is 0.316 e. The quantitative estimate of drug-likeness (QED) is 0.500. The lowest BCUT2D eigenvalue weighted by Crippen LogP contribution is -2.28. The van der Waals surface area contributed by atoms with Crippen molar-refractivity contribution in [2.75, 3.05) is 0 Å². The van der Waals surface area contributed by atoms with Crippen molar-refractivity contribution in [3.63, 3.8) is 0 Å². The van der Waals surface area contributed by atoms with Gasteiger partial charge in [-0.1, -0.05) is 81.8 Å². The van der Waals surface area contributed by atoms with Gasteiger partial charge in [0, 0.05) is 0 Å². The maximum Gasteiger partial charge on any atom is 0.407 e. The molecular formula is C21H28F3N. The van der Waals surface area contributed by atoms with Gasteiger partial charge in [0.15, 0.2) is 0 Å². The molecule has 0 aliphatic carbocycles. The normalized spacial score (nSPS) is 13.3. The van der Waals surface area contributed by atoms with Gasteiger partial charge in [0.05, 0.1) is 0 Å². The van der Waals surface area contributed by atoms with Gasteiger partial charge in [-0.2, -0.15) is 13.2 Å². The van der Waals surface area contributed by atoms with Crippen LogP contribution < -0.4 is 5.73 Å². The van der Waals surface area contributed by atoms with Crippen molar-refractivity contribution < 1.29 is 13.2 Å². The Morgan fingerprint density at radius 2 is 1.48 bits per heavy atom. The van der Waals surface area contributed by atoms with Gasteiger partial charge < -0.3 is 5.73 Å². The second-order valence-corrected chi connectivity index (χ2v) is 6.75. The van der Waals surface area contributed by atoms with E-state index < -0.39 is 12.2 Å². The molecule has 0 aliphatic heterocycles. The van der Waals surface area contributed by atoms with Gasteiger partial charge in [-0.25, -0.2) is 0 Å². The molecule has 0 spiro atoms. The Labute approximate surface area is 148 Å². The summed E-state index contributed by atoms with van der Waals surface area (Å²) < 4.78 is 39.4. The summed E-state index contributed by atoms with van der Waals surface area (Å²) in [6.07, 6.45) is 4.71. The van der Waals surface area contributed by atoms with Crippen LogP contribution in [0.4, 0.5) is 13.2 Å². The van der Waals surface area contributed by atoms with E-state index in [4.69, 9.17) is 5.73 Å². The Balaban J connectivity index is 2.12. The molecule has 4 heteroatoms. The third-order valence-electron chi connectivity index (χ3n) is 4.76. The fourth-order valence-electron chi connectivity index (χ4n) is 3.37. The van der Waals surface area contributed by atoms with E-state index in [1.807, 2.05) is 24.3 Å². The standard InChI is InChI=1S/C21H28F3N/c1-2-3-4-5-6-7-8-11-16-12-9-13-17-14-10-15-18(19(16)17)20(25)21(22,23)24/h9-10,12-15,20H,2-8,11,25H2,1H3/t20-/m0/s1. The molecule has 0 heterocycles. The van der Waals surface area contributed by atoms with E-state index in [2.05, 4.69) is 6.92 Å². The molecule has 0 unspecified atom stereocenters. The van der Waals surface area contributed by atoms with Crippen LogP contribution in [0.2, 0.25) is 0 Å². The fraction of sp³-hybridized carbons (Fsp3) is 0.524. The van der Waals surface area contributed by atoms with Crippen LogP contribution in [-0.2, 0) is 6.42 Å². The van der Waals surface area contributed by atoms with Crippen molar-refractivity contribution in [2.45, 2.75) is 70.5 Å². The van der Waals surface area contributed by atoms with Gasteiger partial charge in [0.25, 0.3) is 0 Å². The van der Waals surface area contributed by atoms with Gasteiger partial charge in [0.2, 0.25) is 0 Å². The Morgan fingerprint density at radius 1 is 0.880 bits per heavy atom. The van der Waals surface area contributed by atoms with E-state index in [-0.39, 0.29) is 5.56 Å². The number of nitrogens with two attached hydrogens (primary N) is 1. The Bertz CT molecular complexity index is 658. The molecule has 0 aliphatic rings. The second kappa shape index (κ2) is 9.23. The highest BCUT2D eigenvalue weighted by Crippen LogP contribution is 2.36. The van der Waals surface area contributed by atoms with Crippen molar-refractivity contribution in [3.8, 4) is 0 Å². The van der Waals surface area contributed by atoms with Crippen LogP contribution in [-0.4, -0.2) is 6.18 Å². The van der Waals surface area contributed by atoms with Crippen molar-refractivity contribution in [1.82, 2.24) is 0 Å². The zero-order chi connectivity index (χ0) is 18.3. The molecule has 1 atom stereocenters. The van der Waals surface area contributed by atoms with Crippen LogP contribution >= 0.6 is 0 Å². The van der Waals surface area contributed by atoms with Crippen LogP contribution in [0.1, 0.15) is 69.0 Å². The number of unbranched alkanes of at least 4 members (excludes halogenated alkanes) is 6. The molecule has 2 rings (SSSR count). The molecule has 0 bridgehead atoms. The SMILES string of the molecule is CCCCCCCCCc1cccc2cccc([C@H](N)C(F)(F)F)c12. The molecule has 2 N–H and O–H groups in total. The minimum Gasteiger partial charge on any atom is -0.316 e. The van der Waals surface area contributed by atoms with Gasteiger partial charge >= 0.3 is 6.18 Å². The van der Waals surface area contributed by atoms with E-state index in [1.54, 1.807) is 6.07 Å². The molecule has 0 radical (unpaired) electrons. The molecule has 2 aromatic rings. The summed E-state index contributed by atoms with van der Waals surface area (Å²) in [6, 6.07) is 8.79. The molecule has 0 aromatic heterocycles. The third kappa shape index (κ3) is 5.46. The van der Waals surface area contributed by atoms with Gasteiger partial charge in [0.1, 0.15) is 6.04 Å². The van der Waals surface area contributed by atoms with E-state index in [0.717, 1.165) is 30.2 Å². The van der Waals surface area contributed by atoms with Crippen molar-refractivity contribution in [1.29, 1.82) is 0 Å². The number of hydrogen-bond donors (Lipinski definition) is 1. The minimum absolute atomic E-state index is 0.184. The summed E-state index contributed by atoms with van der Waals surface area (Å²) in [6.45, 7) is 2.20. The molecule has 0 saturated carbocycles. The lowest BCUT2D eigenvalue weighted by atomic mass is 9.92. The first-order valence-electron chi connectivity index (χ1n) is 9.28. The van der Waals surface area contributed by atoms with Crippen molar-refractivity contribution in [2.24, 2.45) is 5.73 Å². The topological polar surface area (TPSA) is 26.0 Å². The van der Waals surface area contributed by atoms with Crippen LogP contribution in [0.25, 0.3) is 10.8 Å². The summed E-state index contributed by atoms with van der Waals surface area (Å²) in [5.41, 5.74) is 6.66. The Kier molecular flexibility index (Phi) is 7.30. The summed E-state index contributed by atoms with van der Waals surface area (Å²) in [7, 11) is 0. The molecule has 0 saturated heterocycles. The predicted octanol–water partition coefficient (Wildman–Crippen LogP) is 6.70. The zero-order valence-corrected chi connectivity index (χ0v) is 14.9. The average molecular weight is 351 g/mol. The predicted molar refractivity (Wildman–Crippen MR) is 98.6 cm³/mol. The van der Waals surface area contributed by atoms with Gasteiger partial charge in [-0.3, -0.25) is 0 Å². The molecular weight excluding hydrogens is 323 g/mol. The highest BCUT2D eigenvalue weighted by Gasteiger charge is 2.38. The van der Waals surface area contributed by atoms with Crippen LogP contribution in [0.5, 0.6) is 0 Å². The lowest BCUT2D eigenvalue weighted by Gasteiger charge is -2.19. The van der Waals surface area contributed by atoms with Gasteiger partial charge in [-0.15, -0.1) is 0 Å². The molecule has 1 nitrogen and oxygen atoms in total. The van der Waals surface area contributed by atoms with Crippen molar-refractivity contribution in [3.05, 3.63) is 47.5 Å². The number of aryl methyl sites for hydroxylation is 1. The molecule has 25 heavy (non-hydrogen) atoms. The highest BCUT2D eigenvalue weighted by atomic mass is 19.4. The molecule has 138 valence electrons. The lowest BCUT2D eigenvalue weighted by molar-refractivity contribution is -0.148. The maximum atomic E-state index is 13.1. The molecule has 2 aromatic carbocycles. The largest absolute Gasteiger partial charge is 0.407 e. The first-order chi connectivity index (χ1) is 11.9. The van der Waals surface area contributed by atoms with Crippen LogP contribution in [0, 0.1) is 0 Å². The number of hydrogen-bond acceptors (Lipinski definition) is 1. The monoisotopic (exact) mass is 351 g/mol. The van der Waals surface area contributed by atoms with E-state index in [1.165, 1.54) is 38.2 Å². The second-order valence-electron chi connectivity index (χ2n) is 6.75.